The Morgan fingerprint density at radius 1 is 1.11 bits per heavy atom. The quantitative estimate of drug-likeness (QED) is 0.405. The van der Waals surface area contributed by atoms with E-state index in [2.05, 4.69) is 11.7 Å². The number of rotatable bonds is 5. The van der Waals surface area contributed by atoms with Crippen molar-refractivity contribution in [1.82, 2.24) is 9.78 Å². The van der Waals surface area contributed by atoms with Gasteiger partial charge in [-0.2, -0.15) is 5.10 Å². The van der Waals surface area contributed by atoms with E-state index in [9.17, 15) is 9.59 Å². The molecule has 4 aromatic rings. The zero-order valence-electron chi connectivity index (χ0n) is 14.5. The number of anilines is 1. The molecule has 6 heteroatoms. The highest BCUT2D eigenvalue weighted by Gasteiger charge is 2.19. The molecule has 0 saturated heterocycles. The second-order valence-electron chi connectivity index (χ2n) is 6.08. The number of amides is 1. The minimum absolute atomic E-state index is 0.000316. The summed E-state index contributed by atoms with van der Waals surface area (Å²) >= 11 is 0. The Kier molecular flexibility index (Phi) is 4.30. The second-order valence-corrected chi connectivity index (χ2v) is 6.08. The molecule has 0 bridgehead atoms. The maximum absolute atomic E-state index is 13.0. The summed E-state index contributed by atoms with van der Waals surface area (Å²) in [5.74, 6) is -0.150. The van der Waals surface area contributed by atoms with Crippen molar-refractivity contribution in [3.8, 4) is 0 Å². The highest BCUT2D eigenvalue weighted by atomic mass is 16.4. The molecule has 0 fully saturated rings. The summed E-state index contributed by atoms with van der Waals surface area (Å²) in [6, 6.07) is 16.6. The number of hydrogen-bond acceptors (Lipinski definition) is 4. The highest BCUT2D eigenvalue weighted by Crippen LogP contribution is 2.23. The average molecular weight is 359 g/mol. The first-order valence-electron chi connectivity index (χ1n) is 8.52. The molecule has 134 valence electrons. The van der Waals surface area contributed by atoms with Crippen LogP contribution in [0.15, 0.2) is 82.7 Å². The van der Waals surface area contributed by atoms with E-state index in [0.29, 0.717) is 23.0 Å². The van der Waals surface area contributed by atoms with Gasteiger partial charge in [0.25, 0.3) is 0 Å². The Balaban J connectivity index is 1.78. The van der Waals surface area contributed by atoms with E-state index in [1.165, 1.54) is 6.20 Å². The van der Waals surface area contributed by atoms with Crippen molar-refractivity contribution >= 4 is 33.5 Å². The third-order valence-electron chi connectivity index (χ3n) is 4.37. The smallest absolute Gasteiger partial charge is 0.347 e. The molecule has 2 aromatic heterocycles. The largest absolute Gasteiger partial charge is 0.422 e. The fourth-order valence-corrected chi connectivity index (χ4v) is 3.15. The molecule has 0 spiro atoms. The van der Waals surface area contributed by atoms with Crippen LogP contribution in [-0.4, -0.2) is 22.2 Å². The number of hydrogen-bond donors (Lipinski definition) is 0. The van der Waals surface area contributed by atoms with Crippen molar-refractivity contribution in [2.75, 3.05) is 11.4 Å². The van der Waals surface area contributed by atoms with Gasteiger partial charge in [-0.15, -0.1) is 6.58 Å². The number of aromatic nitrogens is 2. The van der Waals surface area contributed by atoms with E-state index in [1.807, 2.05) is 42.5 Å². The Morgan fingerprint density at radius 2 is 1.85 bits per heavy atom. The summed E-state index contributed by atoms with van der Waals surface area (Å²) in [4.78, 5) is 26.8. The van der Waals surface area contributed by atoms with Gasteiger partial charge < -0.3 is 9.32 Å². The van der Waals surface area contributed by atoms with Gasteiger partial charge >= 0.3 is 5.63 Å². The Morgan fingerprint density at radius 3 is 2.63 bits per heavy atom. The van der Waals surface area contributed by atoms with Crippen LogP contribution in [0.1, 0.15) is 0 Å². The van der Waals surface area contributed by atoms with Crippen LogP contribution in [0.5, 0.6) is 0 Å². The first-order valence-corrected chi connectivity index (χ1v) is 8.52. The maximum Gasteiger partial charge on any atom is 0.347 e. The molecular formula is C21H17N3O3. The third kappa shape index (κ3) is 3.01. The molecule has 0 radical (unpaired) electrons. The van der Waals surface area contributed by atoms with Crippen LogP contribution in [0.25, 0.3) is 21.9 Å². The van der Waals surface area contributed by atoms with Gasteiger partial charge in [0.2, 0.25) is 5.91 Å². The van der Waals surface area contributed by atoms with Crippen molar-refractivity contribution in [3.05, 3.63) is 83.9 Å². The molecule has 0 N–H and O–H groups in total. The van der Waals surface area contributed by atoms with Gasteiger partial charge in [-0.25, -0.2) is 4.79 Å². The maximum atomic E-state index is 13.0. The molecule has 27 heavy (non-hydrogen) atoms. The predicted molar refractivity (Wildman–Crippen MR) is 105 cm³/mol. The lowest BCUT2D eigenvalue weighted by Crippen LogP contribution is -2.34. The lowest BCUT2D eigenvalue weighted by atomic mass is 10.2. The summed E-state index contributed by atoms with van der Waals surface area (Å²) in [5.41, 5.74) is 1.38. The summed E-state index contributed by atoms with van der Waals surface area (Å²) in [6.07, 6.45) is 3.12. The Labute approximate surface area is 154 Å². The van der Waals surface area contributed by atoms with Gasteiger partial charge in [0, 0.05) is 17.6 Å². The van der Waals surface area contributed by atoms with E-state index < -0.39 is 5.63 Å². The monoisotopic (exact) mass is 359 g/mol. The summed E-state index contributed by atoms with van der Waals surface area (Å²) in [7, 11) is 0. The molecule has 6 nitrogen and oxygen atoms in total. The fourth-order valence-electron chi connectivity index (χ4n) is 3.15. The number of carbonyl (C=O) groups excluding carboxylic acids is 1. The highest BCUT2D eigenvalue weighted by molar-refractivity contribution is 6.03. The second kappa shape index (κ2) is 6.92. The van der Waals surface area contributed by atoms with E-state index in [4.69, 9.17) is 4.42 Å². The lowest BCUT2D eigenvalue weighted by molar-refractivity contribution is -0.119. The Bertz CT molecular complexity index is 1190. The van der Waals surface area contributed by atoms with Crippen molar-refractivity contribution in [1.29, 1.82) is 0 Å². The van der Waals surface area contributed by atoms with Crippen molar-refractivity contribution < 1.29 is 9.21 Å². The van der Waals surface area contributed by atoms with Crippen molar-refractivity contribution in [3.63, 3.8) is 0 Å². The van der Waals surface area contributed by atoms with Gasteiger partial charge in [-0.05, 0) is 24.3 Å². The number of fused-ring (bicyclic) bond motifs is 3. The van der Waals surface area contributed by atoms with Gasteiger partial charge in [0.1, 0.15) is 17.5 Å². The van der Waals surface area contributed by atoms with E-state index in [1.54, 1.807) is 27.8 Å². The number of carbonyl (C=O) groups is 1. The van der Waals surface area contributed by atoms with Gasteiger partial charge in [-0.3, -0.25) is 9.48 Å². The third-order valence-corrected chi connectivity index (χ3v) is 4.37. The molecule has 0 aliphatic heterocycles. The molecule has 0 aliphatic rings. The first-order chi connectivity index (χ1) is 13.2. The topological polar surface area (TPSA) is 68.3 Å². The van der Waals surface area contributed by atoms with Gasteiger partial charge in [0.15, 0.2) is 0 Å². The van der Waals surface area contributed by atoms with Crippen LogP contribution < -0.4 is 10.5 Å². The van der Waals surface area contributed by atoms with Crippen LogP contribution in [0.2, 0.25) is 0 Å². The predicted octanol–water partition coefficient (Wildman–Crippen LogP) is 3.36. The van der Waals surface area contributed by atoms with E-state index in [0.717, 1.165) is 11.1 Å². The standard InChI is InChI=1S/C21H17N3O3/c1-2-12-23(15-8-4-3-5-9-15)19(25)14-24-20-16-10-6-7-11-18(16)27-21(26)17(20)13-22-24/h2-11,13H,1,12,14H2. The molecule has 1 amide bonds. The first kappa shape index (κ1) is 16.8. The van der Waals surface area contributed by atoms with Gasteiger partial charge in [0.05, 0.1) is 11.7 Å². The van der Waals surface area contributed by atoms with Crippen molar-refractivity contribution in [2.24, 2.45) is 0 Å². The lowest BCUT2D eigenvalue weighted by Gasteiger charge is -2.21. The zero-order chi connectivity index (χ0) is 18.8. The minimum atomic E-state index is -0.464. The van der Waals surface area contributed by atoms with Crippen LogP contribution in [0.4, 0.5) is 5.69 Å². The van der Waals surface area contributed by atoms with E-state index in [-0.39, 0.29) is 12.5 Å². The van der Waals surface area contributed by atoms with Crippen molar-refractivity contribution in [2.45, 2.75) is 6.54 Å². The van der Waals surface area contributed by atoms with Crippen LogP contribution >= 0.6 is 0 Å². The summed E-state index contributed by atoms with van der Waals surface area (Å²) in [5, 5.41) is 5.37. The summed E-state index contributed by atoms with van der Waals surface area (Å²) in [6.45, 7) is 4.12. The molecule has 2 aromatic carbocycles. The van der Waals surface area contributed by atoms with Crippen LogP contribution in [-0.2, 0) is 11.3 Å². The molecule has 0 unspecified atom stereocenters. The zero-order valence-corrected chi connectivity index (χ0v) is 14.5. The average Bonchev–Trinajstić information content (AvgIpc) is 3.11. The molecule has 4 rings (SSSR count). The van der Waals surface area contributed by atoms with Gasteiger partial charge in [-0.1, -0.05) is 36.4 Å². The Hall–Kier alpha value is -3.67. The SMILES string of the molecule is C=CCN(C(=O)Cn1ncc2c(=O)oc3ccccc3c21)c1ccccc1. The van der Waals surface area contributed by atoms with E-state index >= 15 is 0 Å². The fraction of sp³-hybridized carbons (Fsp3) is 0.0952. The molecule has 0 aliphatic carbocycles. The molecule has 0 saturated carbocycles. The normalized spacial score (nSPS) is 11.0. The number of para-hydroxylation sites is 2. The number of benzene rings is 2. The molecule has 0 atom stereocenters. The molecular weight excluding hydrogens is 342 g/mol. The molecule has 2 heterocycles. The van der Waals surface area contributed by atoms with Crippen LogP contribution in [0, 0.1) is 0 Å². The summed E-state index contributed by atoms with van der Waals surface area (Å²) < 4.78 is 6.88. The van der Waals surface area contributed by atoms with Crippen LogP contribution in [0.3, 0.4) is 0 Å². The minimum Gasteiger partial charge on any atom is -0.422 e. The number of nitrogens with zero attached hydrogens (tertiary/aromatic N) is 3.